The van der Waals surface area contributed by atoms with E-state index in [2.05, 4.69) is 4.98 Å². The molecule has 12 heavy (non-hydrogen) atoms. The van der Waals surface area contributed by atoms with Crippen LogP contribution in [0.25, 0.3) is 0 Å². The van der Waals surface area contributed by atoms with E-state index in [-0.39, 0.29) is 13.0 Å². The third kappa shape index (κ3) is 2.31. The minimum absolute atomic E-state index is 0. The lowest BCUT2D eigenvalue weighted by Crippen LogP contribution is -2.19. The third-order valence-electron chi connectivity index (χ3n) is 1.89. The van der Waals surface area contributed by atoms with Gasteiger partial charge in [-0.1, -0.05) is 7.43 Å². The van der Waals surface area contributed by atoms with E-state index in [0.717, 1.165) is 5.56 Å². The first-order valence-corrected chi connectivity index (χ1v) is 3.62. The molecule has 0 atom stereocenters. The fourth-order valence-corrected chi connectivity index (χ4v) is 0.871. The van der Waals surface area contributed by atoms with Crippen molar-refractivity contribution in [2.24, 2.45) is 0 Å². The highest BCUT2D eigenvalue weighted by Crippen LogP contribution is 2.21. The van der Waals surface area contributed by atoms with Crippen LogP contribution in [-0.4, -0.2) is 12.1 Å². The average Bonchev–Trinajstić information content (AvgIpc) is 2.06. The molecule has 0 spiro atoms. The standard InChI is InChI=1S/C9H13NO.CH4/c1-9(2,11-3)8-4-6-10-7-5-8;/h4-7H,1-3H3;1H4. The van der Waals surface area contributed by atoms with Crippen molar-refractivity contribution in [1.82, 2.24) is 4.98 Å². The Labute approximate surface area is 74.6 Å². The topological polar surface area (TPSA) is 22.1 Å². The molecule has 0 N–H and O–H groups in total. The van der Waals surface area contributed by atoms with E-state index in [1.165, 1.54) is 0 Å². The summed E-state index contributed by atoms with van der Waals surface area (Å²) in [7, 11) is 1.71. The molecule has 2 nitrogen and oxygen atoms in total. The van der Waals surface area contributed by atoms with Gasteiger partial charge in [-0.3, -0.25) is 4.98 Å². The summed E-state index contributed by atoms with van der Waals surface area (Å²) < 4.78 is 5.30. The van der Waals surface area contributed by atoms with Crippen LogP contribution in [0, 0.1) is 0 Å². The van der Waals surface area contributed by atoms with Crippen LogP contribution in [0.15, 0.2) is 24.5 Å². The lowest BCUT2D eigenvalue weighted by Gasteiger charge is -2.22. The van der Waals surface area contributed by atoms with Gasteiger partial charge in [0.05, 0.1) is 5.60 Å². The van der Waals surface area contributed by atoms with Gasteiger partial charge in [0.15, 0.2) is 0 Å². The summed E-state index contributed by atoms with van der Waals surface area (Å²) in [5.74, 6) is 0. The molecular weight excluding hydrogens is 150 g/mol. The normalized spacial score (nSPS) is 10.6. The van der Waals surface area contributed by atoms with Crippen molar-refractivity contribution in [2.45, 2.75) is 26.9 Å². The van der Waals surface area contributed by atoms with Crippen LogP contribution < -0.4 is 0 Å². The van der Waals surface area contributed by atoms with Crippen LogP contribution in [0.2, 0.25) is 0 Å². The molecule has 1 rings (SSSR count). The van der Waals surface area contributed by atoms with Crippen LogP contribution in [0.1, 0.15) is 26.8 Å². The smallest absolute Gasteiger partial charge is 0.0872 e. The van der Waals surface area contributed by atoms with Gasteiger partial charge in [-0.15, -0.1) is 0 Å². The second-order valence-electron chi connectivity index (χ2n) is 2.95. The van der Waals surface area contributed by atoms with Crippen molar-refractivity contribution in [3.05, 3.63) is 30.1 Å². The molecule has 0 aliphatic rings. The highest BCUT2D eigenvalue weighted by Gasteiger charge is 2.18. The molecule has 68 valence electrons. The monoisotopic (exact) mass is 167 g/mol. The summed E-state index contributed by atoms with van der Waals surface area (Å²) in [6, 6.07) is 3.92. The van der Waals surface area contributed by atoms with Crippen molar-refractivity contribution in [3.63, 3.8) is 0 Å². The van der Waals surface area contributed by atoms with Gasteiger partial charge in [-0.2, -0.15) is 0 Å². The number of rotatable bonds is 2. The van der Waals surface area contributed by atoms with E-state index in [0.29, 0.717) is 0 Å². The third-order valence-corrected chi connectivity index (χ3v) is 1.89. The second-order valence-corrected chi connectivity index (χ2v) is 2.95. The molecule has 0 saturated carbocycles. The van der Waals surface area contributed by atoms with Crippen LogP contribution in [0.3, 0.4) is 0 Å². The molecule has 0 aromatic carbocycles. The summed E-state index contributed by atoms with van der Waals surface area (Å²) in [4.78, 5) is 3.94. The molecule has 1 aromatic rings. The van der Waals surface area contributed by atoms with E-state index in [4.69, 9.17) is 4.74 Å². The quantitative estimate of drug-likeness (QED) is 0.675. The van der Waals surface area contributed by atoms with Gasteiger partial charge >= 0.3 is 0 Å². The average molecular weight is 167 g/mol. The first kappa shape index (κ1) is 11.1. The summed E-state index contributed by atoms with van der Waals surface area (Å²) in [5.41, 5.74) is 0.943. The number of aromatic nitrogens is 1. The van der Waals surface area contributed by atoms with Gasteiger partial charge in [0, 0.05) is 19.5 Å². The molecule has 1 heterocycles. The van der Waals surface area contributed by atoms with Crippen LogP contribution in [-0.2, 0) is 10.3 Å². The molecule has 0 radical (unpaired) electrons. The fraction of sp³-hybridized carbons (Fsp3) is 0.500. The van der Waals surface area contributed by atoms with Crippen molar-refractivity contribution in [1.29, 1.82) is 0 Å². The van der Waals surface area contributed by atoms with Gasteiger partial charge in [0.1, 0.15) is 0 Å². The van der Waals surface area contributed by atoms with Crippen molar-refractivity contribution < 1.29 is 4.74 Å². The highest BCUT2D eigenvalue weighted by atomic mass is 16.5. The Bertz CT molecular complexity index is 219. The van der Waals surface area contributed by atoms with Gasteiger partial charge < -0.3 is 4.74 Å². The Balaban J connectivity index is 0.00000121. The minimum Gasteiger partial charge on any atom is -0.374 e. The second kappa shape index (κ2) is 4.21. The molecule has 0 unspecified atom stereocenters. The summed E-state index contributed by atoms with van der Waals surface area (Å²) >= 11 is 0. The van der Waals surface area contributed by atoms with E-state index >= 15 is 0 Å². The number of hydrogen-bond donors (Lipinski definition) is 0. The number of ether oxygens (including phenoxy) is 1. The predicted molar refractivity (Wildman–Crippen MR) is 51.0 cm³/mol. The fourth-order valence-electron chi connectivity index (χ4n) is 0.871. The molecule has 0 bridgehead atoms. The van der Waals surface area contributed by atoms with Crippen LogP contribution in [0.4, 0.5) is 0 Å². The molecule has 0 fully saturated rings. The Morgan fingerprint density at radius 1 is 1.25 bits per heavy atom. The summed E-state index contributed by atoms with van der Waals surface area (Å²) in [6.07, 6.45) is 3.55. The molecule has 1 aromatic heterocycles. The van der Waals surface area contributed by atoms with E-state index in [9.17, 15) is 0 Å². The molecule has 0 amide bonds. The molecule has 0 saturated heterocycles. The Kier molecular flexibility index (Phi) is 3.90. The first-order valence-electron chi connectivity index (χ1n) is 3.62. The van der Waals surface area contributed by atoms with Gasteiger partial charge in [0.25, 0.3) is 0 Å². The molecular formula is C10H17NO. The Morgan fingerprint density at radius 2 is 1.75 bits per heavy atom. The zero-order valence-electron chi connectivity index (χ0n) is 7.16. The van der Waals surface area contributed by atoms with Gasteiger partial charge in [0.2, 0.25) is 0 Å². The lowest BCUT2D eigenvalue weighted by molar-refractivity contribution is 0.0191. The maximum Gasteiger partial charge on any atom is 0.0872 e. The molecule has 0 aliphatic carbocycles. The Hall–Kier alpha value is -0.890. The Morgan fingerprint density at radius 3 is 2.17 bits per heavy atom. The van der Waals surface area contributed by atoms with Crippen molar-refractivity contribution >= 4 is 0 Å². The van der Waals surface area contributed by atoms with E-state index in [1.54, 1.807) is 19.5 Å². The van der Waals surface area contributed by atoms with E-state index < -0.39 is 0 Å². The first-order chi connectivity index (χ1) is 5.17. The largest absolute Gasteiger partial charge is 0.374 e. The zero-order chi connectivity index (χ0) is 8.32. The minimum atomic E-state index is -0.205. The van der Waals surface area contributed by atoms with Crippen molar-refractivity contribution in [3.8, 4) is 0 Å². The molecule has 0 aliphatic heterocycles. The number of nitrogens with zero attached hydrogens (tertiary/aromatic N) is 1. The highest BCUT2D eigenvalue weighted by molar-refractivity contribution is 5.17. The molecule has 2 heteroatoms. The summed E-state index contributed by atoms with van der Waals surface area (Å²) in [6.45, 7) is 4.06. The number of methoxy groups -OCH3 is 1. The lowest BCUT2D eigenvalue weighted by atomic mass is 10.00. The van der Waals surface area contributed by atoms with Crippen molar-refractivity contribution in [2.75, 3.05) is 7.11 Å². The van der Waals surface area contributed by atoms with Gasteiger partial charge in [-0.05, 0) is 31.5 Å². The van der Waals surface area contributed by atoms with Gasteiger partial charge in [-0.25, -0.2) is 0 Å². The number of hydrogen-bond acceptors (Lipinski definition) is 2. The van der Waals surface area contributed by atoms with Crippen LogP contribution in [0.5, 0.6) is 0 Å². The van der Waals surface area contributed by atoms with Crippen LogP contribution >= 0.6 is 0 Å². The zero-order valence-corrected chi connectivity index (χ0v) is 7.16. The predicted octanol–water partition coefficient (Wildman–Crippen LogP) is 2.60. The maximum absolute atomic E-state index is 5.30. The number of pyridine rings is 1. The summed E-state index contributed by atoms with van der Waals surface area (Å²) in [5, 5.41) is 0. The SMILES string of the molecule is C.COC(C)(C)c1ccncc1. The maximum atomic E-state index is 5.30. The van der Waals surface area contributed by atoms with E-state index in [1.807, 2.05) is 26.0 Å².